The molecule has 4 heterocycles. The maximum absolute atomic E-state index is 13.5. The minimum atomic E-state index is -3.66. The fourth-order valence-corrected chi connectivity index (χ4v) is 8.55. The normalized spacial score (nSPS) is 22.8. The molecule has 0 aromatic carbocycles. The largest absolute Gasteiger partial charge is 0.370 e. The molecule has 2 aromatic heterocycles. The second kappa shape index (κ2) is 9.00. The number of pyridine rings is 1. The lowest BCUT2D eigenvalue weighted by Gasteiger charge is -2.43. The molecule has 2 aromatic rings. The van der Waals surface area contributed by atoms with E-state index in [9.17, 15) is 13.7 Å². The van der Waals surface area contributed by atoms with Gasteiger partial charge in [-0.3, -0.25) is 0 Å². The summed E-state index contributed by atoms with van der Waals surface area (Å²) < 4.78 is 35.4. The molecule has 1 atom stereocenters. The molecule has 0 amide bonds. The van der Waals surface area contributed by atoms with Gasteiger partial charge in [-0.15, -0.1) is 11.3 Å². The van der Waals surface area contributed by atoms with Gasteiger partial charge in [0.2, 0.25) is 0 Å². The Balaban J connectivity index is 1.53. The molecule has 1 aliphatic carbocycles. The topological polar surface area (TPSA) is 86.5 Å². The van der Waals surface area contributed by atoms with Crippen molar-refractivity contribution in [1.82, 2.24) is 9.29 Å². The lowest BCUT2D eigenvalue weighted by atomic mass is 9.87. The van der Waals surface area contributed by atoms with Gasteiger partial charge in [-0.05, 0) is 50.3 Å². The van der Waals surface area contributed by atoms with Crippen LogP contribution in [0.5, 0.6) is 0 Å². The van der Waals surface area contributed by atoms with Crippen molar-refractivity contribution in [1.29, 1.82) is 5.26 Å². The molecule has 3 aliphatic rings. The van der Waals surface area contributed by atoms with Gasteiger partial charge in [0, 0.05) is 43.6 Å². The van der Waals surface area contributed by atoms with Crippen LogP contribution in [-0.4, -0.2) is 49.0 Å². The van der Waals surface area contributed by atoms with E-state index < -0.39 is 10.0 Å². The first kappa shape index (κ1) is 25.0. The van der Waals surface area contributed by atoms with E-state index in [1.165, 1.54) is 0 Å². The lowest BCUT2D eigenvalue weighted by molar-refractivity contribution is -0.0407. The number of hydrogen-bond donors (Lipinski definition) is 0. The number of hydrogen-bond acceptors (Lipinski definition) is 7. The highest BCUT2D eigenvalue weighted by Crippen LogP contribution is 2.46. The molecule has 1 saturated heterocycles. The molecule has 0 unspecified atom stereocenters. The Bertz CT molecular complexity index is 1290. The number of anilines is 1. The van der Waals surface area contributed by atoms with E-state index in [2.05, 4.69) is 24.8 Å². The van der Waals surface area contributed by atoms with E-state index in [0.717, 1.165) is 41.0 Å². The molecule has 0 N–H and O–H groups in total. The van der Waals surface area contributed by atoms with Crippen molar-refractivity contribution >= 4 is 38.8 Å². The van der Waals surface area contributed by atoms with Crippen LogP contribution in [0.4, 0.5) is 5.82 Å². The number of thiophene rings is 1. The van der Waals surface area contributed by atoms with Crippen molar-refractivity contribution in [2.45, 2.75) is 75.3 Å². The zero-order valence-corrected chi connectivity index (χ0v) is 22.9. The number of halogens is 1. The molecule has 5 rings (SSSR count). The molecule has 35 heavy (non-hydrogen) atoms. The van der Waals surface area contributed by atoms with E-state index in [1.54, 1.807) is 16.4 Å². The summed E-state index contributed by atoms with van der Waals surface area (Å²) in [5, 5.41) is 10.3. The maximum Gasteiger partial charge on any atom is 0.252 e. The fraction of sp³-hybridized carbons (Fsp3) is 0.600. The predicted molar refractivity (Wildman–Crippen MR) is 138 cm³/mol. The van der Waals surface area contributed by atoms with E-state index in [-0.39, 0.29) is 21.8 Å². The highest BCUT2D eigenvalue weighted by molar-refractivity contribution is 7.91. The molecule has 188 valence electrons. The van der Waals surface area contributed by atoms with Gasteiger partial charge in [0.05, 0.1) is 27.8 Å². The van der Waals surface area contributed by atoms with Crippen molar-refractivity contribution in [3.63, 3.8) is 0 Å². The molecule has 0 radical (unpaired) electrons. The van der Waals surface area contributed by atoms with Gasteiger partial charge in [-0.1, -0.05) is 25.4 Å². The Morgan fingerprint density at radius 2 is 2.00 bits per heavy atom. The van der Waals surface area contributed by atoms with Crippen molar-refractivity contribution in [3.8, 4) is 6.07 Å². The molecule has 0 spiro atoms. The summed E-state index contributed by atoms with van der Waals surface area (Å²) in [6, 6.07) is 5.41. The summed E-state index contributed by atoms with van der Waals surface area (Å²) in [5.41, 5.74) is 3.48. The van der Waals surface area contributed by atoms with E-state index in [1.807, 2.05) is 13.8 Å². The van der Waals surface area contributed by atoms with Crippen LogP contribution in [0.1, 0.15) is 68.8 Å². The monoisotopic (exact) mass is 534 g/mol. The quantitative estimate of drug-likeness (QED) is 0.540. The number of piperazine rings is 1. The minimum Gasteiger partial charge on any atom is -0.370 e. The Labute approximate surface area is 216 Å². The summed E-state index contributed by atoms with van der Waals surface area (Å²) in [7, 11) is -3.66. The SMILES string of the molecule is CC(C)[C@@H]1CN(c2nc(C3CC3)c3c(c2C#N)CC(C)(C)OC3)CCN1S(=O)(=O)c1ccc(Cl)s1. The molecular formula is C25H31ClN4O3S2. The molecule has 7 nitrogen and oxygen atoms in total. The number of nitriles is 1. The van der Waals surface area contributed by atoms with Crippen LogP contribution in [-0.2, 0) is 27.8 Å². The summed E-state index contributed by atoms with van der Waals surface area (Å²) in [5.74, 6) is 1.21. The molecule has 2 aliphatic heterocycles. The summed E-state index contributed by atoms with van der Waals surface area (Å²) in [4.78, 5) is 7.20. The summed E-state index contributed by atoms with van der Waals surface area (Å²) in [6.45, 7) is 9.98. The van der Waals surface area contributed by atoms with E-state index in [4.69, 9.17) is 21.3 Å². The Morgan fingerprint density at radius 1 is 1.26 bits per heavy atom. The van der Waals surface area contributed by atoms with E-state index in [0.29, 0.717) is 54.3 Å². The molecule has 10 heteroatoms. The maximum atomic E-state index is 13.5. The van der Waals surface area contributed by atoms with Crippen LogP contribution in [0.3, 0.4) is 0 Å². The Kier molecular flexibility index (Phi) is 6.42. The first-order valence-electron chi connectivity index (χ1n) is 12.1. The standard InChI is InChI=1S/C25H31ClN4O3S2/c1-15(2)20-13-29(9-10-30(20)35(31,32)22-8-7-21(26)34-22)24-18(12-27)17-11-25(3,4)33-14-19(17)23(28-24)16-5-6-16/h7-8,15-16,20H,5-6,9-11,13-14H2,1-4H3/t20-/m0/s1. The highest BCUT2D eigenvalue weighted by atomic mass is 35.5. The van der Waals surface area contributed by atoms with Gasteiger partial charge < -0.3 is 9.64 Å². The third-order valence-corrected chi connectivity index (χ3v) is 10.9. The molecular weight excluding hydrogens is 504 g/mol. The summed E-state index contributed by atoms with van der Waals surface area (Å²) in [6.07, 6.45) is 2.89. The van der Waals surface area contributed by atoms with Gasteiger partial charge in [0.25, 0.3) is 10.0 Å². The van der Waals surface area contributed by atoms with Crippen LogP contribution < -0.4 is 4.90 Å². The number of aromatic nitrogens is 1. The van der Waals surface area contributed by atoms with Crippen molar-refractivity contribution in [2.24, 2.45) is 5.92 Å². The van der Waals surface area contributed by atoms with Crippen LogP contribution in [0.2, 0.25) is 4.34 Å². The third kappa shape index (κ3) is 4.60. The predicted octanol–water partition coefficient (Wildman–Crippen LogP) is 4.93. The number of rotatable bonds is 5. The van der Waals surface area contributed by atoms with Crippen molar-refractivity contribution < 1.29 is 13.2 Å². The molecule has 2 fully saturated rings. The van der Waals surface area contributed by atoms with Crippen molar-refractivity contribution in [2.75, 3.05) is 24.5 Å². The zero-order chi connectivity index (χ0) is 25.1. The Morgan fingerprint density at radius 3 is 2.60 bits per heavy atom. The van der Waals surface area contributed by atoms with Gasteiger partial charge in [0.1, 0.15) is 16.1 Å². The van der Waals surface area contributed by atoms with Crippen molar-refractivity contribution in [3.05, 3.63) is 38.9 Å². The fourth-order valence-electron chi connectivity index (χ4n) is 5.20. The number of fused-ring (bicyclic) bond motifs is 1. The zero-order valence-electron chi connectivity index (χ0n) is 20.5. The lowest BCUT2D eigenvalue weighted by Crippen LogP contribution is -2.57. The average molecular weight is 535 g/mol. The number of ether oxygens (including phenoxy) is 1. The first-order chi connectivity index (χ1) is 16.5. The smallest absolute Gasteiger partial charge is 0.252 e. The van der Waals surface area contributed by atoms with Gasteiger partial charge in [0.15, 0.2) is 0 Å². The van der Waals surface area contributed by atoms with Crippen LogP contribution >= 0.6 is 22.9 Å². The van der Waals surface area contributed by atoms with Gasteiger partial charge in [-0.25, -0.2) is 13.4 Å². The second-order valence-electron chi connectivity index (χ2n) is 10.7. The van der Waals surface area contributed by atoms with Gasteiger partial charge >= 0.3 is 0 Å². The number of sulfonamides is 1. The minimum absolute atomic E-state index is 0.0846. The molecule has 1 saturated carbocycles. The second-order valence-corrected chi connectivity index (χ2v) is 14.5. The van der Waals surface area contributed by atoms with Crippen LogP contribution in [0, 0.1) is 17.2 Å². The average Bonchev–Trinajstić information content (AvgIpc) is 3.56. The number of nitrogens with zero attached hydrogens (tertiary/aromatic N) is 4. The van der Waals surface area contributed by atoms with Gasteiger partial charge in [-0.2, -0.15) is 9.57 Å². The van der Waals surface area contributed by atoms with E-state index >= 15 is 0 Å². The Hall–Kier alpha value is -1.70. The van der Waals surface area contributed by atoms with Crippen LogP contribution in [0.15, 0.2) is 16.3 Å². The molecule has 0 bridgehead atoms. The third-order valence-electron chi connectivity index (χ3n) is 7.26. The first-order valence-corrected chi connectivity index (χ1v) is 14.8. The summed E-state index contributed by atoms with van der Waals surface area (Å²) >= 11 is 7.13. The highest BCUT2D eigenvalue weighted by Gasteiger charge is 2.41. The van der Waals surface area contributed by atoms with Crippen LogP contribution in [0.25, 0.3) is 0 Å².